The largest absolute Gasteiger partial charge is 1.00 e. The quantitative estimate of drug-likeness (QED) is 0.243. The average molecular weight is 510 g/mol. The summed E-state index contributed by atoms with van der Waals surface area (Å²) in [6.07, 6.45) is -7.13. The normalized spacial score (nSPS) is 25.8. The Morgan fingerprint density at radius 2 is 1.61 bits per heavy atom. The van der Waals surface area contributed by atoms with Crippen molar-refractivity contribution in [1.29, 1.82) is 0 Å². The van der Waals surface area contributed by atoms with E-state index in [2.05, 4.69) is 13.1 Å². The second-order valence-electron chi connectivity index (χ2n) is 5.32. The van der Waals surface area contributed by atoms with Gasteiger partial charge in [0.15, 0.2) is 12.4 Å². The molecule has 0 saturated carbocycles. The van der Waals surface area contributed by atoms with Crippen molar-refractivity contribution in [1.82, 2.24) is 9.55 Å². The van der Waals surface area contributed by atoms with E-state index in [9.17, 15) is 52.4 Å². The summed E-state index contributed by atoms with van der Waals surface area (Å²) < 4.78 is 62.7. The average Bonchev–Trinajstić information content (AvgIpc) is 2.78. The molecule has 16 nitrogen and oxygen atoms in total. The fourth-order valence-corrected chi connectivity index (χ4v) is 5.01. The Labute approximate surface area is 232 Å². The van der Waals surface area contributed by atoms with Crippen LogP contribution in [0.3, 0.4) is 0 Å². The van der Waals surface area contributed by atoms with Gasteiger partial charge in [-0.2, -0.15) is 0 Å². The maximum atomic E-state index is 14.2. The molecule has 0 aliphatic carbocycles. The minimum absolute atomic E-state index is 0. The number of aromatic nitrogens is 2. The van der Waals surface area contributed by atoms with Crippen LogP contribution in [0, 0.1) is 0 Å². The van der Waals surface area contributed by atoms with Crippen molar-refractivity contribution in [3.8, 4) is 0 Å². The fraction of sp³-hybridized carbons (Fsp3) is 0.556. The number of aromatic amines is 1. The molecule has 2 rings (SSSR count). The predicted octanol–water partition coefficient (Wildman–Crippen LogP) is -16.0. The van der Waals surface area contributed by atoms with Crippen molar-refractivity contribution in [2.75, 3.05) is 6.61 Å². The molecule has 2 heterocycles. The summed E-state index contributed by atoms with van der Waals surface area (Å²) in [5.74, 6) is 0. The van der Waals surface area contributed by atoms with Crippen LogP contribution < -0.4 is 106 Å². The van der Waals surface area contributed by atoms with Crippen LogP contribution in [0.1, 0.15) is 6.23 Å². The first-order valence-corrected chi connectivity index (χ1v) is 11.5. The Morgan fingerprint density at radius 1 is 1.06 bits per heavy atom. The van der Waals surface area contributed by atoms with Crippen LogP contribution in [0.4, 0.5) is 4.39 Å². The van der Waals surface area contributed by atoms with Gasteiger partial charge in [-0.3, -0.25) is 27.8 Å². The Bertz CT molecular complexity index is 1020. The van der Waals surface area contributed by atoms with Gasteiger partial charge in [-0.25, -0.2) is 13.5 Å². The number of hydrogen-bond donors (Lipinski definition) is 2. The summed E-state index contributed by atoms with van der Waals surface area (Å²) in [4.78, 5) is 67.4. The molecule has 1 aliphatic rings. The van der Waals surface area contributed by atoms with Crippen LogP contribution in [0.2, 0.25) is 0 Å². The van der Waals surface area contributed by atoms with Crippen LogP contribution in [-0.2, 0) is 31.6 Å². The minimum Gasteiger partial charge on any atom is -0.790 e. The first-order valence-electron chi connectivity index (χ1n) is 7.11. The molecule has 166 valence electrons. The summed E-state index contributed by atoms with van der Waals surface area (Å²) >= 11 is 0. The minimum atomic E-state index is -6.19. The number of halogens is 1. The summed E-state index contributed by atoms with van der Waals surface area (Å²) in [6.45, 7) is -1.25. The van der Waals surface area contributed by atoms with E-state index in [1.807, 2.05) is 0 Å². The molecule has 0 bridgehead atoms. The Balaban J connectivity index is -0.00000225. The standard InChI is InChI=1S/C9H14FN2O14P3.4Li/c10-6-7(14)4(24-8(6)12-2-1-5(13)11-9(12)15)3-23-28(19,20)26-29(21,22)25-27(16,17)18;;;;/h1-2,4,6-8,14H,3H2,(H,19,20)(H,21,22)(H,11,13,15)(H2,16,17,18);;;;/q;4*+1/p-4/t4-,6-,7-,8-;;;;/m1..../s1. The number of rotatable bonds is 8. The maximum absolute atomic E-state index is 14.2. The van der Waals surface area contributed by atoms with Gasteiger partial charge in [0.1, 0.15) is 12.2 Å². The van der Waals surface area contributed by atoms with Crippen LogP contribution >= 0.6 is 23.5 Å². The summed E-state index contributed by atoms with van der Waals surface area (Å²) in [7, 11) is -18.2. The summed E-state index contributed by atoms with van der Waals surface area (Å²) in [6, 6.07) is 0.837. The number of H-pyrrole nitrogens is 1. The molecule has 33 heavy (non-hydrogen) atoms. The summed E-state index contributed by atoms with van der Waals surface area (Å²) in [5, 5.41) is 9.76. The smallest absolute Gasteiger partial charge is 0.790 e. The predicted molar refractivity (Wildman–Crippen MR) is 77.1 cm³/mol. The molecule has 1 fully saturated rings. The first-order chi connectivity index (χ1) is 13.1. The van der Waals surface area contributed by atoms with Crippen molar-refractivity contribution in [2.24, 2.45) is 0 Å². The van der Waals surface area contributed by atoms with Gasteiger partial charge in [-0.05, 0) is 0 Å². The first kappa shape index (κ1) is 38.9. The monoisotopic (exact) mass is 510 g/mol. The molecule has 1 aromatic heterocycles. The van der Waals surface area contributed by atoms with Gasteiger partial charge in [-0.1, -0.05) is 0 Å². The van der Waals surface area contributed by atoms with E-state index in [1.165, 1.54) is 0 Å². The number of aliphatic hydroxyl groups is 1. The Kier molecular flexibility index (Phi) is 17.6. The van der Waals surface area contributed by atoms with Gasteiger partial charge in [0.2, 0.25) is 0 Å². The molecule has 1 aliphatic heterocycles. The van der Waals surface area contributed by atoms with E-state index in [1.54, 1.807) is 4.98 Å². The zero-order valence-electron chi connectivity index (χ0n) is 17.6. The van der Waals surface area contributed by atoms with Crippen LogP contribution in [0.5, 0.6) is 0 Å². The number of aliphatic hydroxyl groups excluding tert-OH is 1. The number of nitrogens with one attached hydrogen (secondary N) is 1. The van der Waals surface area contributed by atoms with E-state index >= 15 is 0 Å². The van der Waals surface area contributed by atoms with Crippen LogP contribution in [0.15, 0.2) is 21.9 Å². The molecule has 0 spiro atoms. The fourth-order valence-electron chi connectivity index (χ4n) is 2.14. The van der Waals surface area contributed by atoms with Gasteiger partial charge in [0.25, 0.3) is 21.2 Å². The molecule has 0 aromatic carbocycles. The van der Waals surface area contributed by atoms with Gasteiger partial charge in [-0.15, -0.1) is 0 Å². The van der Waals surface area contributed by atoms with E-state index in [0.29, 0.717) is 4.57 Å². The number of nitrogens with zero attached hydrogens (tertiary/aromatic N) is 1. The molecular weight excluding hydrogens is 500 g/mol. The van der Waals surface area contributed by atoms with E-state index in [4.69, 9.17) is 4.74 Å². The van der Waals surface area contributed by atoms with E-state index < -0.39 is 65.9 Å². The maximum Gasteiger partial charge on any atom is 1.00 e. The number of alkyl halides is 1. The van der Waals surface area contributed by atoms with Gasteiger partial charge in [0, 0.05) is 12.3 Å². The topological polar surface area (TPSA) is 255 Å². The second kappa shape index (κ2) is 14.9. The Morgan fingerprint density at radius 3 is 2.09 bits per heavy atom. The molecule has 1 saturated heterocycles. The molecule has 2 N–H and O–H groups in total. The second-order valence-corrected chi connectivity index (χ2v) is 9.57. The number of ether oxygens (including phenoxy) is 1. The SMILES string of the molecule is O=c1ccn([C@@H]2O[C@H](COP(=O)([O-])OP(=O)([O-])OP(=O)([O-])[O-])[C@@H](O)[C@H]2F)c(=O)[nH]1.[Li+].[Li+].[Li+].[Li+]. The number of phosphoric acid groups is 3. The number of hydrogen-bond acceptors (Lipinski definition) is 14. The molecule has 6 atom stereocenters. The molecular formula is C9H10FLi4N2O14P3. The molecule has 24 heteroatoms. The third-order valence-corrected chi connectivity index (χ3v) is 6.88. The van der Waals surface area contributed by atoms with Crippen molar-refractivity contribution in [3.63, 3.8) is 0 Å². The third-order valence-electron chi connectivity index (χ3n) is 3.22. The van der Waals surface area contributed by atoms with Crippen molar-refractivity contribution in [3.05, 3.63) is 33.1 Å². The Hall–Kier alpha value is 1.33. The molecule has 0 amide bonds. The molecule has 2 unspecified atom stereocenters. The zero-order chi connectivity index (χ0) is 22.2. The van der Waals surface area contributed by atoms with Crippen molar-refractivity contribution >= 4 is 23.5 Å². The zero-order valence-corrected chi connectivity index (χ0v) is 20.3. The van der Waals surface area contributed by atoms with Gasteiger partial charge in [0.05, 0.1) is 14.4 Å². The van der Waals surface area contributed by atoms with Gasteiger partial charge < -0.3 is 38.5 Å². The summed E-state index contributed by atoms with van der Waals surface area (Å²) in [5.41, 5.74) is -1.92. The van der Waals surface area contributed by atoms with Crippen molar-refractivity contribution < 1.29 is 136 Å². The van der Waals surface area contributed by atoms with E-state index in [0.717, 1.165) is 12.3 Å². The number of phosphoric ester groups is 1. The van der Waals surface area contributed by atoms with Crippen molar-refractivity contribution in [2.45, 2.75) is 24.6 Å². The van der Waals surface area contributed by atoms with Crippen LogP contribution in [-0.4, -0.2) is 39.6 Å². The third kappa shape index (κ3) is 11.9. The van der Waals surface area contributed by atoms with Gasteiger partial charge >= 0.3 is 81.1 Å². The molecule has 0 radical (unpaired) electrons. The molecule has 1 aromatic rings. The van der Waals surface area contributed by atoms with E-state index in [-0.39, 0.29) is 75.4 Å². The van der Waals surface area contributed by atoms with Crippen LogP contribution in [0.25, 0.3) is 0 Å².